The third kappa shape index (κ3) is 15.1. The number of esters is 2. The number of unbranched alkanes of at least 4 members (excludes halogenated alkanes) is 9. The van der Waals surface area contributed by atoms with Crippen molar-refractivity contribution in [3.05, 3.63) is 24.8 Å². The van der Waals surface area contributed by atoms with E-state index in [-0.39, 0.29) is 11.9 Å². The van der Waals surface area contributed by atoms with E-state index in [1.807, 2.05) is 0 Å². The van der Waals surface area contributed by atoms with E-state index < -0.39 is 0 Å². The van der Waals surface area contributed by atoms with Gasteiger partial charge in [-0.2, -0.15) is 0 Å². The molecule has 0 aromatic rings. The quantitative estimate of drug-likeness (QED) is 0.248. The maximum absolute atomic E-state index is 11.1. The molecule has 0 saturated carbocycles. The number of rotatable bonds is 15. The van der Waals surface area contributed by atoms with Crippen molar-refractivity contribution in [2.24, 2.45) is 0 Å². The highest BCUT2D eigenvalue weighted by Gasteiger charge is 2.01. The molecule has 4 nitrogen and oxygen atoms in total. The van der Waals surface area contributed by atoms with Crippen LogP contribution in [0.4, 0.5) is 0 Å². The molecule has 0 aromatic heterocycles. The first kappa shape index (κ1) is 21.4. The van der Waals surface area contributed by atoms with E-state index in [0.717, 1.165) is 25.7 Å². The van der Waals surface area contributed by atoms with Gasteiger partial charge in [-0.1, -0.05) is 64.5 Å². The normalized spacial score (nSPS) is 10.1. The number of carbonyl (C=O) groups excluding carboxylic acids is 2. The summed E-state index contributed by atoms with van der Waals surface area (Å²) < 4.78 is 9.96. The van der Waals surface area contributed by atoms with Crippen molar-refractivity contribution in [3.63, 3.8) is 0 Å². The minimum atomic E-state index is -0.334. The summed E-state index contributed by atoms with van der Waals surface area (Å²) >= 11 is 0. The highest BCUT2D eigenvalue weighted by Crippen LogP contribution is 2.11. The van der Waals surface area contributed by atoms with Gasteiger partial charge in [0.1, 0.15) is 0 Å². The summed E-state index contributed by atoms with van der Waals surface area (Å²) in [4.78, 5) is 21.9. The van der Waals surface area contributed by atoms with E-state index in [9.17, 15) is 9.59 Å². The number of hydrogen-bond donors (Lipinski definition) is 0. The van der Waals surface area contributed by atoms with Crippen LogP contribution in [0.2, 0.25) is 0 Å². The molecule has 0 bridgehead atoms. The second-order valence-electron chi connectivity index (χ2n) is 5.82. The first-order valence-corrected chi connectivity index (χ1v) is 8.69. The fourth-order valence-electron chi connectivity index (χ4n) is 2.14. The fraction of sp³-hybridized carbons (Fsp3) is 0.684. The highest BCUT2D eigenvalue weighted by atomic mass is 16.5. The van der Waals surface area contributed by atoms with E-state index in [4.69, 9.17) is 9.47 Å². The zero-order chi connectivity index (χ0) is 17.3. The second kappa shape index (κ2) is 15.3. The molecule has 0 unspecified atom stereocenters. The molecule has 0 rings (SSSR count). The average molecular weight is 324 g/mol. The van der Waals surface area contributed by atoms with Crippen molar-refractivity contribution in [2.45, 2.75) is 71.1 Å². The molecular formula is C19H32O4. The number of carbonyl (C=O) groups is 2. The molecule has 0 fully saturated rings. The van der Waals surface area contributed by atoms with Gasteiger partial charge in [0.15, 0.2) is 0 Å². The molecule has 0 heterocycles. The number of hydrogen-bond acceptors (Lipinski definition) is 4. The summed E-state index contributed by atoms with van der Waals surface area (Å²) in [5, 5.41) is 0. The summed E-state index contributed by atoms with van der Waals surface area (Å²) in [6.45, 7) is 9.57. The van der Waals surface area contributed by atoms with Crippen LogP contribution in [0.1, 0.15) is 71.1 Å². The standard InChI is InChI=1S/C19H32O4/c1-4-18(20)22-15-13-11-9-7-5-6-8-10-12-14-16-23-19(21)17(2)3/h4H,1-2,5-16H2,3H3. The van der Waals surface area contributed by atoms with Crippen molar-refractivity contribution in [3.8, 4) is 0 Å². The summed E-state index contributed by atoms with van der Waals surface area (Å²) in [5.74, 6) is -0.622. The van der Waals surface area contributed by atoms with Gasteiger partial charge in [0.25, 0.3) is 0 Å². The van der Waals surface area contributed by atoms with Crippen LogP contribution >= 0.6 is 0 Å². The van der Waals surface area contributed by atoms with Gasteiger partial charge in [-0.3, -0.25) is 0 Å². The molecule has 0 spiro atoms. The fourth-order valence-corrected chi connectivity index (χ4v) is 2.14. The Balaban J connectivity index is 3.13. The predicted octanol–water partition coefficient (Wildman–Crippen LogP) is 4.74. The topological polar surface area (TPSA) is 52.6 Å². The Bertz CT molecular complexity index is 360. The van der Waals surface area contributed by atoms with E-state index in [1.54, 1.807) is 6.92 Å². The van der Waals surface area contributed by atoms with Gasteiger partial charge >= 0.3 is 11.9 Å². The third-order valence-corrected chi connectivity index (χ3v) is 3.53. The third-order valence-electron chi connectivity index (χ3n) is 3.53. The SMILES string of the molecule is C=CC(=O)OCCCCCCCCCCCCOC(=O)C(=C)C. The Labute approximate surface area is 140 Å². The molecule has 132 valence electrons. The minimum Gasteiger partial charge on any atom is -0.463 e. The molecule has 0 amide bonds. The monoisotopic (exact) mass is 324 g/mol. The molecule has 0 N–H and O–H groups in total. The van der Waals surface area contributed by atoms with Crippen LogP contribution in [0.15, 0.2) is 24.8 Å². The van der Waals surface area contributed by atoms with Crippen LogP contribution in [0.5, 0.6) is 0 Å². The van der Waals surface area contributed by atoms with E-state index in [0.29, 0.717) is 18.8 Å². The van der Waals surface area contributed by atoms with Crippen molar-refractivity contribution in [1.82, 2.24) is 0 Å². The maximum Gasteiger partial charge on any atom is 0.333 e. The lowest BCUT2D eigenvalue weighted by atomic mass is 10.1. The van der Waals surface area contributed by atoms with Crippen molar-refractivity contribution in [1.29, 1.82) is 0 Å². The largest absolute Gasteiger partial charge is 0.463 e. The Morgan fingerprint density at radius 3 is 1.57 bits per heavy atom. The van der Waals surface area contributed by atoms with Gasteiger partial charge in [0.05, 0.1) is 13.2 Å². The minimum absolute atomic E-state index is 0.288. The van der Waals surface area contributed by atoms with Crippen LogP contribution in [-0.4, -0.2) is 25.2 Å². The molecular weight excluding hydrogens is 292 g/mol. The summed E-state index contributed by atoms with van der Waals surface area (Å²) in [7, 11) is 0. The van der Waals surface area contributed by atoms with E-state index in [2.05, 4.69) is 13.2 Å². The van der Waals surface area contributed by atoms with Crippen molar-refractivity contribution < 1.29 is 19.1 Å². The van der Waals surface area contributed by atoms with Gasteiger partial charge in [0, 0.05) is 11.6 Å². The average Bonchev–Trinajstić information content (AvgIpc) is 2.54. The molecule has 0 saturated heterocycles. The first-order chi connectivity index (χ1) is 11.1. The first-order valence-electron chi connectivity index (χ1n) is 8.69. The van der Waals surface area contributed by atoms with Gasteiger partial charge in [-0.15, -0.1) is 0 Å². The summed E-state index contributed by atoms with van der Waals surface area (Å²) in [6, 6.07) is 0. The lowest BCUT2D eigenvalue weighted by Gasteiger charge is -2.05. The molecule has 0 atom stereocenters. The maximum atomic E-state index is 11.1. The van der Waals surface area contributed by atoms with Crippen LogP contribution in [-0.2, 0) is 19.1 Å². The molecule has 0 aliphatic carbocycles. The molecule has 0 aromatic carbocycles. The van der Waals surface area contributed by atoms with E-state index in [1.165, 1.54) is 44.6 Å². The molecule has 23 heavy (non-hydrogen) atoms. The molecule has 0 aliphatic rings. The van der Waals surface area contributed by atoms with Gasteiger partial charge < -0.3 is 9.47 Å². The van der Waals surface area contributed by atoms with Crippen molar-refractivity contribution >= 4 is 11.9 Å². The molecule has 0 radical (unpaired) electrons. The Hall–Kier alpha value is -1.58. The van der Waals surface area contributed by atoms with Crippen LogP contribution in [0.25, 0.3) is 0 Å². The molecule has 4 heteroatoms. The smallest absolute Gasteiger partial charge is 0.333 e. The van der Waals surface area contributed by atoms with Gasteiger partial charge in [0.2, 0.25) is 0 Å². The van der Waals surface area contributed by atoms with Crippen LogP contribution in [0.3, 0.4) is 0 Å². The van der Waals surface area contributed by atoms with E-state index >= 15 is 0 Å². The Kier molecular flexibility index (Phi) is 14.3. The Morgan fingerprint density at radius 1 is 0.783 bits per heavy atom. The lowest BCUT2D eigenvalue weighted by Crippen LogP contribution is -2.05. The van der Waals surface area contributed by atoms with Crippen LogP contribution < -0.4 is 0 Å². The van der Waals surface area contributed by atoms with Gasteiger partial charge in [-0.05, 0) is 19.8 Å². The Morgan fingerprint density at radius 2 is 1.17 bits per heavy atom. The zero-order valence-corrected chi connectivity index (χ0v) is 14.6. The van der Waals surface area contributed by atoms with Crippen molar-refractivity contribution in [2.75, 3.05) is 13.2 Å². The number of ether oxygens (including phenoxy) is 2. The highest BCUT2D eigenvalue weighted by molar-refractivity contribution is 5.86. The zero-order valence-electron chi connectivity index (χ0n) is 14.6. The predicted molar refractivity (Wildman–Crippen MR) is 93.1 cm³/mol. The van der Waals surface area contributed by atoms with Gasteiger partial charge in [-0.25, -0.2) is 9.59 Å². The summed E-state index contributed by atoms with van der Waals surface area (Å²) in [6.07, 6.45) is 12.7. The van der Waals surface area contributed by atoms with Crippen LogP contribution in [0, 0.1) is 0 Å². The molecule has 0 aliphatic heterocycles. The second-order valence-corrected chi connectivity index (χ2v) is 5.82. The lowest BCUT2D eigenvalue weighted by molar-refractivity contribution is -0.139. The summed E-state index contributed by atoms with van der Waals surface area (Å²) in [5.41, 5.74) is 0.462.